The first-order valence-corrected chi connectivity index (χ1v) is 11.0. The Bertz CT molecular complexity index is 1150. The van der Waals surface area contributed by atoms with Gasteiger partial charge in [0.1, 0.15) is 5.75 Å². The van der Waals surface area contributed by atoms with Crippen molar-refractivity contribution in [3.8, 4) is 17.2 Å². The van der Waals surface area contributed by atoms with Crippen LogP contribution in [0.15, 0.2) is 52.9 Å². The summed E-state index contributed by atoms with van der Waals surface area (Å²) in [5, 5.41) is 12.6. The van der Waals surface area contributed by atoms with Crippen molar-refractivity contribution in [2.75, 3.05) is 6.54 Å². The van der Waals surface area contributed by atoms with E-state index in [1.54, 1.807) is 31.2 Å². The first-order valence-electron chi connectivity index (χ1n) is 11.0. The summed E-state index contributed by atoms with van der Waals surface area (Å²) in [6, 6.07) is 10.4. The highest BCUT2D eigenvalue weighted by Gasteiger charge is 2.31. The van der Waals surface area contributed by atoms with E-state index in [4.69, 9.17) is 22.2 Å². The number of rotatable bonds is 6. The number of aromatic nitrogens is 2. The van der Waals surface area contributed by atoms with Gasteiger partial charge in [0.25, 0.3) is 5.91 Å². The molecule has 2 N–H and O–H groups in total. The topological polar surface area (TPSA) is 89.3 Å². The van der Waals surface area contributed by atoms with E-state index in [2.05, 4.69) is 15.5 Å². The van der Waals surface area contributed by atoms with Crippen LogP contribution in [0.5, 0.6) is 5.75 Å². The molecule has 0 radical (unpaired) electrons. The third-order valence-corrected chi connectivity index (χ3v) is 5.62. The zero-order valence-corrected chi connectivity index (χ0v) is 18.8. The van der Waals surface area contributed by atoms with Gasteiger partial charge in [-0.1, -0.05) is 11.6 Å². The van der Waals surface area contributed by atoms with Crippen molar-refractivity contribution >= 4 is 17.5 Å². The van der Waals surface area contributed by atoms with Crippen molar-refractivity contribution in [1.29, 1.82) is 0 Å². The number of carbonyl (C=O) groups excluding carboxylic acids is 1. The molecule has 2 aromatic carbocycles. The molecule has 2 heterocycles. The Labute approximate surface area is 200 Å². The van der Waals surface area contributed by atoms with Gasteiger partial charge in [-0.25, -0.2) is 0 Å². The second-order valence-electron chi connectivity index (χ2n) is 7.89. The fourth-order valence-electron chi connectivity index (χ4n) is 3.51. The number of nitrogens with one attached hydrogen (secondary N) is 2. The molecule has 1 fully saturated rings. The highest BCUT2D eigenvalue weighted by Crippen LogP contribution is 2.31. The van der Waals surface area contributed by atoms with Crippen molar-refractivity contribution in [2.24, 2.45) is 0 Å². The molecular formula is C23H22ClF3N4O3. The molecule has 0 bridgehead atoms. The Hall–Kier alpha value is -3.11. The summed E-state index contributed by atoms with van der Waals surface area (Å²) in [6.07, 6.45) is -4.24. The third kappa shape index (κ3) is 5.87. The number of hydrogen-bond acceptors (Lipinski definition) is 6. The second-order valence-corrected chi connectivity index (χ2v) is 8.33. The normalized spacial score (nSPS) is 19.9. The lowest BCUT2D eigenvalue weighted by Crippen LogP contribution is -2.50. The number of piperidine rings is 1. The van der Waals surface area contributed by atoms with Crippen LogP contribution in [-0.4, -0.2) is 34.8 Å². The van der Waals surface area contributed by atoms with E-state index in [-0.39, 0.29) is 18.0 Å². The number of carbonyl (C=O) groups is 1. The number of halogens is 4. The molecule has 34 heavy (non-hydrogen) atoms. The van der Waals surface area contributed by atoms with E-state index in [1.807, 2.05) is 0 Å². The molecule has 4 rings (SSSR count). The largest absolute Gasteiger partial charge is 0.481 e. The van der Waals surface area contributed by atoms with Crippen LogP contribution in [0.25, 0.3) is 11.5 Å². The van der Waals surface area contributed by atoms with Gasteiger partial charge in [0, 0.05) is 23.2 Å². The number of ether oxygens (including phenoxy) is 1. The Morgan fingerprint density at radius 1 is 1.21 bits per heavy atom. The number of amides is 1. The van der Waals surface area contributed by atoms with Gasteiger partial charge in [-0.05, 0) is 68.3 Å². The van der Waals surface area contributed by atoms with E-state index in [0.717, 1.165) is 17.4 Å². The van der Waals surface area contributed by atoms with E-state index in [0.29, 0.717) is 41.6 Å². The molecule has 0 aliphatic carbocycles. The van der Waals surface area contributed by atoms with Gasteiger partial charge in [0.05, 0.1) is 11.6 Å². The summed E-state index contributed by atoms with van der Waals surface area (Å²) in [7, 11) is 0. The quantitative estimate of drug-likeness (QED) is 0.511. The van der Waals surface area contributed by atoms with Gasteiger partial charge in [-0.2, -0.15) is 13.2 Å². The summed E-state index contributed by atoms with van der Waals surface area (Å²) < 4.78 is 57.8. The van der Waals surface area contributed by atoms with Crippen LogP contribution in [0, 0.1) is 0 Å². The lowest BCUT2D eigenvalue weighted by Gasteiger charge is -2.29. The summed E-state index contributed by atoms with van der Waals surface area (Å²) in [5.41, 5.74) is -0.383. The molecular weight excluding hydrogens is 473 g/mol. The lowest BCUT2D eigenvalue weighted by molar-refractivity contribution is -0.137. The van der Waals surface area contributed by atoms with Gasteiger partial charge >= 0.3 is 6.18 Å². The first kappa shape index (κ1) is 22.7. The summed E-state index contributed by atoms with van der Waals surface area (Å²) in [4.78, 5) is 12.7. The van der Waals surface area contributed by atoms with E-state index in [9.17, 15) is 18.0 Å². The monoisotopic (exact) mass is 495 g/mol. The van der Waals surface area contributed by atoms with Gasteiger partial charge in [-0.15, -0.1) is 10.2 Å². The molecule has 0 saturated carbocycles. The molecule has 180 valence electrons. The third-order valence-electron chi connectivity index (χ3n) is 5.37. The lowest BCUT2D eigenvalue weighted by atomic mass is 10.0. The molecule has 11 heteroatoms. The van der Waals surface area contributed by atoms with E-state index < -0.39 is 23.8 Å². The van der Waals surface area contributed by atoms with Crippen molar-refractivity contribution in [1.82, 2.24) is 20.8 Å². The van der Waals surface area contributed by atoms with Gasteiger partial charge in [-0.3, -0.25) is 4.79 Å². The average Bonchev–Trinajstić information content (AvgIpc) is 3.34. The van der Waals surface area contributed by atoms with Crippen molar-refractivity contribution in [3.63, 3.8) is 0 Å². The van der Waals surface area contributed by atoms with Crippen LogP contribution in [0.1, 0.15) is 37.3 Å². The summed E-state index contributed by atoms with van der Waals surface area (Å²) >= 11 is 5.85. The molecule has 1 unspecified atom stereocenters. The van der Waals surface area contributed by atoms with Crippen LogP contribution in [0.2, 0.25) is 6.43 Å². The first-order chi connectivity index (χ1) is 16.6. The number of nitrogens with zero attached hydrogens (tertiary/aromatic N) is 2. The molecule has 0 spiro atoms. The molecule has 1 aliphatic rings. The fraction of sp³-hybridized carbons (Fsp3) is 0.348. The van der Waals surface area contributed by atoms with Crippen LogP contribution < -0.4 is 15.4 Å². The van der Waals surface area contributed by atoms with Crippen LogP contribution in [0.4, 0.5) is 13.2 Å². The highest BCUT2D eigenvalue weighted by molar-refractivity contribution is 6.30. The minimum atomic E-state index is -4.42. The molecule has 3 aromatic rings. The maximum Gasteiger partial charge on any atom is 0.416 e. The Morgan fingerprint density at radius 3 is 2.53 bits per heavy atom. The van der Waals surface area contributed by atoms with Crippen LogP contribution >= 0.6 is 11.6 Å². The highest BCUT2D eigenvalue weighted by atomic mass is 35.5. The Kier molecular flexibility index (Phi) is 6.68. The predicted molar refractivity (Wildman–Crippen MR) is 118 cm³/mol. The zero-order chi connectivity index (χ0) is 25.2. The maximum atomic E-state index is 12.8. The summed E-state index contributed by atoms with van der Waals surface area (Å²) in [6.45, 7) is 1.91. The zero-order valence-electron chi connectivity index (χ0n) is 19.1. The van der Waals surface area contributed by atoms with Gasteiger partial charge in [0.15, 0.2) is 7.52 Å². The van der Waals surface area contributed by atoms with Gasteiger partial charge < -0.3 is 19.8 Å². The smallest absolute Gasteiger partial charge is 0.416 e. The Morgan fingerprint density at radius 2 is 1.91 bits per heavy atom. The predicted octanol–water partition coefficient (Wildman–Crippen LogP) is 4.79. The van der Waals surface area contributed by atoms with E-state index in [1.165, 1.54) is 12.1 Å². The van der Waals surface area contributed by atoms with Gasteiger partial charge in [0.2, 0.25) is 11.8 Å². The van der Waals surface area contributed by atoms with E-state index >= 15 is 0 Å². The molecule has 7 nitrogen and oxygen atoms in total. The van der Waals surface area contributed by atoms with Crippen molar-refractivity contribution < 1.29 is 28.5 Å². The summed E-state index contributed by atoms with van der Waals surface area (Å²) in [5.74, 6) is 0.405. The number of hydrogen-bond donors (Lipinski definition) is 2. The molecule has 1 aromatic heterocycles. The minimum absolute atomic E-state index is 0.114. The maximum absolute atomic E-state index is 12.8. The van der Waals surface area contributed by atoms with Crippen LogP contribution in [-0.2, 0) is 11.0 Å². The molecule has 1 aliphatic heterocycles. The number of alkyl halides is 3. The van der Waals surface area contributed by atoms with Crippen molar-refractivity contribution in [2.45, 2.75) is 44.1 Å². The second kappa shape index (κ2) is 10.0. The average molecular weight is 496 g/mol. The fourth-order valence-corrected chi connectivity index (χ4v) is 3.63. The number of benzene rings is 2. The Balaban J connectivity index is 1.32. The van der Waals surface area contributed by atoms with Crippen molar-refractivity contribution in [3.05, 3.63) is 65.0 Å². The molecule has 1 saturated heterocycles. The SMILES string of the molecule is [2H]N(C(=O)C(C)Oc1ccc(Cl)cc1)[C@H]1CC[C@H](c2nnc(-c3ccc(C(F)(F)F)cc3)o2)NC1. The standard InChI is InChI=1S/C23H22ClF3N4O3/c1-13(33-18-9-6-16(24)7-10-18)20(32)29-17-8-11-19(28-12-17)22-31-30-21(34-22)14-2-4-15(5-3-14)23(25,26)27/h2-7,9-10,13,17,19,28H,8,11-12H2,1H3,(H,29,32)/t13?,17-,19+/m0/s1/i/hD. The molecule has 3 atom stereocenters. The van der Waals surface area contributed by atoms with Crippen LogP contribution in [0.3, 0.4) is 0 Å². The molecule has 1 amide bonds. The minimum Gasteiger partial charge on any atom is -0.481 e.